The molecule has 0 aliphatic heterocycles. The number of sulfonamides is 2. The number of hydrogen-bond acceptors (Lipinski definition) is 8. The van der Waals surface area contributed by atoms with Crippen molar-refractivity contribution in [2.45, 2.75) is 56.4 Å². The molecule has 0 spiro atoms. The molecule has 0 aliphatic rings. The van der Waals surface area contributed by atoms with Gasteiger partial charge in [0.25, 0.3) is 5.91 Å². The van der Waals surface area contributed by atoms with Crippen molar-refractivity contribution in [3.8, 4) is 0 Å². The molecular formula is C25H32N4O7S3. The van der Waals surface area contributed by atoms with Gasteiger partial charge in [-0.3, -0.25) is 9.59 Å². The number of nitrogens with zero attached hydrogens (tertiary/aromatic N) is 3. The predicted octanol–water partition coefficient (Wildman–Crippen LogP) is 2.86. The van der Waals surface area contributed by atoms with Crippen LogP contribution in [0.3, 0.4) is 0 Å². The maximum Gasteiger partial charge on any atom is 0.307 e. The lowest BCUT2D eigenvalue weighted by Gasteiger charge is -2.21. The number of primary sulfonamides is 1. The first-order valence-electron chi connectivity index (χ1n) is 12.4. The molecule has 0 fully saturated rings. The van der Waals surface area contributed by atoms with Crippen LogP contribution in [0.5, 0.6) is 0 Å². The summed E-state index contributed by atoms with van der Waals surface area (Å²) in [4.78, 5) is 29.5. The zero-order valence-corrected chi connectivity index (χ0v) is 24.4. The maximum atomic E-state index is 13.1. The maximum absolute atomic E-state index is 13.1. The number of aryl methyl sites for hydroxylation is 1. The van der Waals surface area contributed by atoms with Crippen molar-refractivity contribution in [1.82, 2.24) is 8.87 Å². The molecule has 0 atom stereocenters. The van der Waals surface area contributed by atoms with Crippen LogP contribution in [0.25, 0.3) is 10.2 Å². The van der Waals surface area contributed by atoms with Crippen molar-refractivity contribution in [3.63, 3.8) is 0 Å². The zero-order chi connectivity index (χ0) is 28.8. The van der Waals surface area contributed by atoms with E-state index in [1.165, 1.54) is 46.8 Å². The Morgan fingerprint density at radius 3 is 2.15 bits per heavy atom. The SMILES string of the molecule is CCCN(CCC)S(=O)(=O)c1ccc(C(=O)N=c2sc3cc(S(N)(=O)=O)ccc3n2CCC(=O)OCC)cc1. The zero-order valence-electron chi connectivity index (χ0n) is 22.0. The highest BCUT2D eigenvalue weighted by atomic mass is 32.2. The number of benzene rings is 2. The molecule has 0 saturated carbocycles. The average Bonchev–Trinajstić information content (AvgIpc) is 3.23. The second kappa shape index (κ2) is 13.0. The molecule has 0 radical (unpaired) electrons. The Morgan fingerprint density at radius 1 is 0.974 bits per heavy atom. The normalized spacial score (nSPS) is 12.8. The molecule has 14 heteroatoms. The van der Waals surface area contributed by atoms with Crippen LogP contribution in [0, 0.1) is 0 Å². The van der Waals surface area contributed by atoms with Crippen molar-refractivity contribution in [2.24, 2.45) is 10.1 Å². The molecule has 212 valence electrons. The van der Waals surface area contributed by atoms with E-state index in [-0.39, 0.29) is 39.7 Å². The molecule has 2 N–H and O–H groups in total. The van der Waals surface area contributed by atoms with Gasteiger partial charge in [0.1, 0.15) is 0 Å². The summed E-state index contributed by atoms with van der Waals surface area (Å²) in [6, 6.07) is 9.85. The van der Waals surface area contributed by atoms with Crippen LogP contribution in [-0.2, 0) is 36.1 Å². The standard InChI is InChI=1S/C25H32N4O7S3/c1-4-14-28(15-5-2)39(34,35)19-9-7-18(8-10-19)24(31)27-25-29(16-13-23(30)36-6-3)21-12-11-20(38(26,32)33)17-22(21)37-25/h7-12,17H,4-6,13-16H2,1-3H3,(H2,26,32,33). The van der Waals surface area contributed by atoms with Crippen LogP contribution in [0.4, 0.5) is 0 Å². The van der Waals surface area contributed by atoms with Gasteiger partial charge < -0.3 is 9.30 Å². The highest BCUT2D eigenvalue weighted by molar-refractivity contribution is 7.89. The first kappa shape index (κ1) is 30.6. The number of thiazole rings is 1. The van der Waals surface area contributed by atoms with Gasteiger partial charge in [-0.2, -0.15) is 9.30 Å². The molecular weight excluding hydrogens is 564 g/mol. The molecule has 11 nitrogen and oxygen atoms in total. The second-order valence-corrected chi connectivity index (χ2v) is 13.1. The first-order valence-corrected chi connectivity index (χ1v) is 16.2. The van der Waals surface area contributed by atoms with Crippen LogP contribution in [0.2, 0.25) is 0 Å². The topological polar surface area (TPSA) is 158 Å². The number of nitrogens with two attached hydrogens (primary N) is 1. The van der Waals surface area contributed by atoms with E-state index in [4.69, 9.17) is 9.88 Å². The van der Waals surface area contributed by atoms with Crippen molar-refractivity contribution in [3.05, 3.63) is 52.8 Å². The third kappa shape index (κ3) is 7.39. The Labute approximate surface area is 232 Å². The monoisotopic (exact) mass is 596 g/mol. The van der Waals surface area contributed by atoms with Gasteiger partial charge in [-0.05, 0) is 62.2 Å². The van der Waals surface area contributed by atoms with Gasteiger partial charge in [0.15, 0.2) is 4.80 Å². The number of aromatic nitrogens is 1. The van der Waals surface area contributed by atoms with Gasteiger partial charge in [0.05, 0.1) is 33.0 Å². The molecule has 1 aromatic heterocycles. The van der Waals surface area contributed by atoms with Crippen LogP contribution in [-0.4, -0.2) is 57.3 Å². The first-order chi connectivity index (χ1) is 18.4. The summed E-state index contributed by atoms with van der Waals surface area (Å²) in [7, 11) is -7.65. The fourth-order valence-corrected chi connectivity index (χ4v) is 7.22. The Balaban J connectivity index is 2.01. The van der Waals surface area contributed by atoms with Gasteiger partial charge >= 0.3 is 5.97 Å². The van der Waals surface area contributed by atoms with Gasteiger partial charge in [-0.1, -0.05) is 25.2 Å². The van der Waals surface area contributed by atoms with Crippen molar-refractivity contribution in [1.29, 1.82) is 0 Å². The van der Waals surface area contributed by atoms with Gasteiger partial charge in [0, 0.05) is 25.2 Å². The van der Waals surface area contributed by atoms with Crippen molar-refractivity contribution < 1.29 is 31.2 Å². The number of esters is 1. The quantitative estimate of drug-likeness (QED) is 0.315. The fourth-order valence-electron chi connectivity index (χ4n) is 3.89. The Bertz CT molecular complexity index is 1620. The smallest absolute Gasteiger partial charge is 0.307 e. The van der Waals surface area contributed by atoms with Crippen LogP contribution in [0.1, 0.15) is 50.4 Å². The number of amides is 1. The summed E-state index contributed by atoms with van der Waals surface area (Å²) in [5, 5.41) is 5.26. The number of rotatable bonds is 12. The van der Waals surface area contributed by atoms with E-state index in [1.807, 2.05) is 13.8 Å². The van der Waals surface area contributed by atoms with Gasteiger partial charge in [0.2, 0.25) is 20.0 Å². The lowest BCUT2D eigenvalue weighted by molar-refractivity contribution is -0.143. The molecule has 39 heavy (non-hydrogen) atoms. The summed E-state index contributed by atoms with van der Waals surface area (Å²) in [5.41, 5.74) is 0.739. The molecule has 2 aromatic carbocycles. The molecule has 0 unspecified atom stereocenters. The highest BCUT2D eigenvalue weighted by Crippen LogP contribution is 2.22. The summed E-state index contributed by atoms with van der Waals surface area (Å²) in [5.74, 6) is -1.05. The number of ether oxygens (including phenoxy) is 1. The molecule has 3 rings (SSSR count). The molecule has 1 heterocycles. The van der Waals surface area contributed by atoms with Crippen molar-refractivity contribution >= 4 is 53.5 Å². The lowest BCUT2D eigenvalue weighted by atomic mass is 10.2. The Morgan fingerprint density at radius 2 is 1.59 bits per heavy atom. The number of carbonyl (C=O) groups excluding carboxylic acids is 2. The fraction of sp³-hybridized carbons (Fsp3) is 0.400. The third-order valence-electron chi connectivity index (χ3n) is 5.71. The second-order valence-electron chi connectivity index (χ2n) is 8.61. The highest BCUT2D eigenvalue weighted by Gasteiger charge is 2.23. The number of hydrogen-bond donors (Lipinski definition) is 1. The third-order valence-corrected chi connectivity index (χ3v) is 9.57. The van der Waals surface area contributed by atoms with Gasteiger partial charge in [-0.15, -0.1) is 0 Å². The van der Waals surface area contributed by atoms with Crippen LogP contribution >= 0.6 is 11.3 Å². The minimum Gasteiger partial charge on any atom is -0.466 e. The minimum absolute atomic E-state index is 0.0105. The van der Waals surface area contributed by atoms with E-state index in [0.29, 0.717) is 36.1 Å². The van der Waals surface area contributed by atoms with Gasteiger partial charge in [-0.25, -0.2) is 22.0 Å². The average molecular weight is 597 g/mol. The predicted molar refractivity (Wildman–Crippen MR) is 148 cm³/mol. The summed E-state index contributed by atoms with van der Waals surface area (Å²) in [6.07, 6.45) is 1.37. The Kier molecular flexibility index (Phi) is 10.2. The lowest BCUT2D eigenvalue weighted by Crippen LogP contribution is -2.32. The van der Waals surface area contributed by atoms with Crippen LogP contribution < -0.4 is 9.94 Å². The number of fused-ring (bicyclic) bond motifs is 1. The van der Waals surface area contributed by atoms with E-state index < -0.39 is 31.9 Å². The number of carbonyl (C=O) groups is 2. The van der Waals surface area contributed by atoms with Crippen molar-refractivity contribution in [2.75, 3.05) is 19.7 Å². The molecule has 0 saturated heterocycles. The van der Waals surface area contributed by atoms with E-state index in [2.05, 4.69) is 4.99 Å². The molecule has 3 aromatic rings. The summed E-state index contributed by atoms with van der Waals surface area (Å²) >= 11 is 1.07. The minimum atomic E-state index is -3.95. The molecule has 0 bridgehead atoms. The van der Waals surface area contributed by atoms with E-state index >= 15 is 0 Å². The largest absolute Gasteiger partial charge is 0.466 e. The van der Waals surface area contributed by atoms with E-state index in [9.17, 15) is 26.4 Å². The van der Waals surface area contributed by atoms with E-state index in [1.54, 1.807) is 11.5 Å². The molecule has 0 aliphatic carbocycles. The van der Waals surface area contributed by atoms with E-state index in [0.717, 1.165) is 11.3 Å². The summed E-state index contributed by atoms with van der Waals surface area (Å²) in [6.45, 7) is 6.67. The summed E-state index contributed by atoms with van der Waals surface area (Å²) < 4.78 is 58.3. The van der Waals surface area contributed by atoms with Crippen LogP contribution in [0.15, 0.2) is 57.2 Å². The Hall–Kier alpha value is -2.91. The molecule has 1 amide bonds.